The molecular weight excluding hydrogens is 541 g/mol. The molecule has 0 saturated heterocycles. The highest BCUT2D eigenvalue weighted by molar-refractivity contribution is 7.21. The molecule has 4 rings (SSSR count). The molecule has 37 heavy (non-hydrogen) atoms. The number of halogens is 4. The molecule has 3 aromatic heterocycles. The van der Waals surface area contributed by atoms with Gasteiger partial charge in [0.25, 0.3) is 17.5 Å². The van der Waals surface area contributed by atoms with Gasteiger partial charge in [0, 0.05) is 17.5 Å². The fourth-order valence-corrected chi connectivity index (χ4v) is 4.63. The Morgan fingerprint density at radius 2 is 2.00 bits per heavy atom. The van der Waals surface area contributed by atoms with Crippen molar-refractivity contribution in [3.05, 3.63) is 79.2 Å². The number of pyridine rings is 1. The minimum atomic E-state index is -4.70. The van der Waals surface area contributed by atoms with Crippen LogP contribution >= 0.6 is 22.9 Å². The van der Waals surface area contributed by atoms with E-state index in [1.165, 1.54) is 31.2 Å². The molecule has 0 aliphatic rings. The van der Waals surface area contributed by atoms with Crippen molar-refractivity contribution >= 4 is 56.3 Å². The van der Waals surface area contributed by atoms with Gasteiger partial charge in [-0.15, -0.1) is 11.3 Å². The first-order chi connectivity index (χ1) is 17.3. The lowest BCUT2D eigenvalue weighted by molar-refractivity contribution is -0.384. The van der Waals surface area contributed by atoms with E-state index < -0.39 is 28.6 Å². The van der Waals surface area contributed by atoms with Crippen LogP contribution in [0, 0.1) is 17.0 Å². The van der Waals surface area contributed by atoms with Crippen molar-refractivity contribution in [2.45, 2.75) is 19.7 Å². The Morgan fingerprint density at radius 1 is 1.27 bits per heavy atom. The summed E-state index contributed by atoms with van der Waals surface area (Å²) in [7, 11) is 0. The number of carbonyl (C=O) groups is 2. The molecule has 0 spiro atoms. The maximum Gasteiger partial charge on any atom is 0.433 e. The van der Waals surface area contributed by atoms with Crippen LogP contribution in [0.2, 0.25) is 5.02 Å². The lowest BCUT2D eigenvalue weighted by atomic mass is 10.1. The van der Waals surface area contributed by atoms with Crippen LogP contribution < -0.4 is 15.8 Å². The molecule has 0 saturated carbocycles. The maximum absolute atomic E-state index is 13.2. The second kappa shape index (κ2) is 9.71. The SMILES string of the molecule is Cc1cc(C(F)(F)F)nc2sc(C(N)=O)c(NC(=O)c3ccc(COc4ccc([N+](=O)[O-])cc4Cl)o3)c12. The number of nitrogens with zero attached hydrogens (tertiary/aromatic N) is 2. The molecule has 0 atom stereocenters. The number of anilines is 1. The zero-order valence-electron chi connectivity index (χ0n) is 18.5. The highest BCUT2D eigenvalue weighted by Crippen LogP contribution is 2.40. The number of furan rings is 1. The average molecular weight is 555 g/mol. The number of nitro groups is 1. The van der Waals surface area contributed by atoms with Gasteiger partial charge in [-0.2, -0.15) is 13.2 Å². The number of thiophene rings is 1. The Labute approximate surface area is 213 Å². The smallest absolute Gasteiger partial charge is 0.433 e. The van der Waals surface area contributed by atoms with E-state index in [1.54, 1.807) is 0 Å². The van der Waals surface area contributed by atoms with Gasteiger partial charge in [0.1, 0.15) is 33.5 Å². The number of rotatable bonds is 7. The number of carbonyl (C=O) groups excluding carboxylic acids is 2. The summed E-state index contributed by atoms with van der Waals surface area (Å²) in [6.45, 7) is 1.21. The zero-order valence-corrected chi connectivity index (χ0v) is 20.1. The molecule has 0 radical (unpaired) electrons. The number of nitrogens with one attached hydrogen (secondary N) is 1. The highest BCUT2D eigenvalue weighted by Gasteiger charge is 2.34. The van der Waals surface area contributed by atoms with Crippen LogP contribution in [0.3, 0.4) is 0 Å². The van der Waals surface area contributed by atoms with E-state index >= 15 is 0 Å². The first-order valence-corrected chi connectivity index (χ1v) is 11.3. The standard InChI is InChI=1S/C22H14ClF3N4O6S/c1-9-6-15(22(24,25)26)28-21-16(9)17(18(37-21)19(27)31)29-20(32)14-5-3-11(36-14)8-35-13-4-2-10(30(33)34)7-12(13)23/h2-7H,8H2,1H3,(H2,27,31)(H,29,32). The van der Waals surface area contributed by atoms with Gasteiger partial charge >= 0.3 is 6.18 Å². The number of ether oxygens (including phenoxy) is 1. The summed E-state index contributed by atoms with van der Waals surface area (Å²) < 4.78 is 50.4. The molecular formula is C22H14ClF3N4O6S. The lowest BCUT2D eigenvalue weighted by Crippen LogP contribution is -2.16. The van der Waals surface area contributed by atoms with E-state index in [1.807, 2.05) is 0 Å². The summed E-state index contributed by atoms with van der Waals surface area (Å²) in [6, 6.07) is 7.19. The van der Waals surface area contributed by atoms with Crippen LogP contribution in [0.5, 0.6) is 5.75 Å². The third kappa shape index (κ3) is 5.34. The fraction of sp³-hybridized carbons (Fsp3) is 0.136. The van der Waals surface area contributed by atoms with Crippen LogP contribution in [0.15, 0.2) is 40.8 Å². The number of fused-ring (bicyclic) bond motifs is 1. The monoisotopic (exact) mass is 554 g/mol. The number of benzene rings is 1. The van der Waals surface area contributed by atoms with Crippen LogP contribution in [-0.4, -0.2) is 21.7 Å². The maximum atomic E-state index is 13.2. The minimum absolute atomic E-state index is 0.000278. The predicted molar refractivity (Wildman–Crippen MR) is 127 cm³/mol. The Bertz CT molecular complexity index is 1570. The summed E-state index contributed by atoms with van der Waals surface area (Å²) >= 11 is 6.60. The molecule has 0 unspecified atom stereocenters. The van der Waals surface area contributed by atoms with Gasteiger partial charge < -0.3 is 20.2 Å². The topological polar surface area (TPSA) is 151 Å². The molecule has 0 bridgehead atoms. The second-order valence-corrected chi connectivity index (χ2v) is 8.96. The molecule has 4 aromatic rings. The van der Waals surface area contributed by atoms with E-state index in [9.17, 15) is 32.9 Å². The van der Waals surface area contributed by atoms with E-state index in [2.05, 4.69) is 10.3 Å². The van der Waals surface area contributed by atoms with Gasteiger partial charge in [0.05, 0.1) is 15.6 Å². The van der Waals surface area contributed by atoms with E-state index in [4.69, 9.17) is 26.5 Å². The number of hydrogen-bond donors (Lipinski definition) is 2. The normalized spacial score (nSPS) is 11.5. The molecule has 0 aliphatic carbocycles. The van der Waals surface area contributed by atoms with E-state index in [-0.39, 0.29) is 60.9 Å². The summed E-state index contributed by atoms with van der Waals surface area (Å²) in [5.74, 6) is -1.62. The second-order valence-electron chi connectivity index (χ2n) is 7.55. The van der Waals surface area contributed by atoms with Crippen LogP contribution in [0.25, 0.3) is 10.2 Å². The molecule has 15 heteroatoms. The zero-order chi connectivity index (χ0) is 27.1. The lowest BCUT2D eigenvalue weighted by Gasteiger charge is -2.09. The summed E-state index contributed by atoms with van der Waals surface area (Å²) in [6.07, 6.45) is -4.70. The summed E-state index contributed by atoms with van der Waals surface area (Å²) in [4.78, 5) is 38.3. The molecule has 1 aromatic carbocycles. The molecule has 192 valence electrons. The average Bonchev–Trinajstić information content (AvgIpc) is 3.43. The number of alkyl halides is 3. The minimum Gasteiger partial charge on any atom is -0.484 e. The van der Waals surface area contributed by atoms with Crippen LogP contribution in [-0.2, 0) is 12.8 Å². The Morgan fingerprint density at radius 3 is 2.62 bits per heavy atom. The van der Waals surface area contributed by atoms with Crippen molar-refractivity contribution in [1.29, 1.82) is 0 Å². The molecule has 3 heterocycles. The van der Waals surface area contributed by atoms with Crippen LogP contribution in [0.1, 0.15) is 37.2 Å². The first kappa shape index (κ1) is 25.9. The van der Waals surface area contributed by atoms with Gasteiger partial charge in [0.15, 0.2) is 5.76 Å². The van der Waals surface area contributed by atoms with E-state index in [0.29, 0.717) is 11.3 Å². The summed E-state index contributed by atoms with van der Waals surface area (Å²) in [5.41, 5.74) is 4.08. The fourth-order valence-electron chi connectivity index (χ4n) is 3.34. The first-order valence-electron chi connectivity index (χ1n) is 10.1. The number of aryl methyl sites for hydroxylation is 1. The third-order valence-electron chi connectivity index (χ3n) is 4.99. The number of nitrogens with two attached hydrogens (primary N) is 1. The molecule has 2 amide bonds. The largest absolute Gasteiger partial charge is 0.484 e. The van der Waals surface area contributed by atoms with Gasteiger partial charge in [-0.1, -0.05) is 11.6 Å². The third-order valence-corrected chi connectivity index (χ3v) is 6.39. The Kier molecular flexibility index (Phi) is 6.80. The number of primary amides is 1. The summed E-state index contributed by atoms with van der Waals surface area (Å²) in [5, 5.41) is 13.4. The van der Waals surface area contributed by atoms with Crippen molar-refractivity contribution in [3.63, 3.8) is 0 Å². The molecule has 0 aliphatic heterocycles. The number of amides is 2. The Hall–Kier alpha value is -4.17. The number of hydrogen-bond acceptors (Lipinski definition) is 8. The van der Waals surface area contributed by atoms with Gasteiger partial charge in [0.2, 0.25) is 0 Å². The van der Waals surface area contributed by atoms with Crippen molar-refractivity contribution in [3.8, 4) is 5.75 Å². The number of nitro benzene ring substituents is 1. The van der Waals surface area contributed by atoms with Crippen molar-refractivity contribution in [1.82, 2.24) is 4.98 Å². The van der Waals surface area contributed by atoms with Gasteiger partial charge in [-0.25, -0.2) is 4.98 Å². The Balaban J connectivity index is 1.56. The highest BCUT2D eigenvalue weighted by atomic mass is 35.5. The van der Waals surface area contributed by atoms with Gasteiger partial charge in [-0.3, -0.25) is 19.7 Å². The molecule has 3 N–H and O–H groups in total. The van der Waals surface area contributed by atoms with Crippen LogP contribution in [0.4, 0.5) is 24.5 Å². The van der Waals surface area contributed by atoms with Gasteiger partial charge in [-0.05, 0) is 36.8 Å². The van der Waals surface area contributed by atoms with Crippen molar-refractivity contribution in [2.75, 3.05) is 5.32 Å². The van der Waals surface area contributed by atoms with E-state index in [0.717, 1.165) is 12.1 Å². The predicted octanol–water partition coefficient (Wildman–Crippen LogP) is 5.71. The number of non-ortho nitro benzene ring substituents is 1. The molecule has 10 nitrogen and oxygen atoms in total. The van der Waals surface area contributed by atoms with Crippen molar-refractivity contribution < 1.29 is 36.8 Å². The molecule has 0 fully saturated rings. The quantitative estimate of drug-likeness (QED) is 0.219. The number of aromatic nitrogens is 1. The van der Waals surface area contributed by atoms with Crippen molar-refractivity contribution in [2.24, 2.45) is 5.73 Å².